The molecule has 0 bridgehead atoms. The summed E-state index contributed by atoms with van der Waals surface area (Å²) in [7, 11) is 0. The Hall–Kier alpha value is -1.75. The maximum Gasteiger partial charge on any atom is 0.323 e. The number of carbonyl (C=O) groups excluding carboxylic acids is 1. The summed E-state index contributed by atoms with van der Waals surface area (Å²) in [6.45, 7) is 5.53. The first-order chi connectivity index (χ1) is 9.73. The minimum Gasteiger partial charge on any atom is -0.480 e. The van der Waals surface area contributed by atoms with E-state index in [1.807, 2.05) is 20.8 Å². The van der Waals surface area contributed by atoms with Crippen molar-refractivity contribution in [1.82, 2.24) is 5.32 Å². The number of carboxylic acid groups (broad SMARTS) is 1. The monoisotopic (exact) mass is 312 g/mol. The van der Waals surface area contributed by atoms with E-state index in [0.29, 0.717) is 10.7 Å². The van der Waals surface area contributed by atoms with Crippen molar-refractivity contribution >= 4 is 29.2 Å². The van der Waals surface area contributed by atoms with Crippen LogP contribution in [0.2, 0.25) is 5.02 Å². The van der Waals surface area contributed by atoms with Crippen LogP contribution in [0.3, 0.4) is 0 Å². The van der Waals surface area contributed by atoms with Crippen LogP contribution in [0.25, 0.3) is 0 Å². The second-order valence-electron chi connectivity index (χ2n) is 5.52. The number of aliphatic carboxylic acids is 1. The van der Waals surface area contributed by atoms with Gasteiger partial charge in [0, 0.05) is 16.2 Å². The van der Waals surface area contributed by atoms with E-state index in [2.05, 4.69) is 5.32 Å². The van der Waals surface area contributed by atoms with Crippen LogP contribution >= 0.6 is 11.6 Å². The SMILES string of the molecule is CCC(C)(C)NC(=O)CN(CC(=O)O)c1cccc(Cl)c1. The van der Waals surface area contributed by atoms with Crippen LogP contribution in [0.15, 0.2) is 24.3 Å². The maximum absolute atomic E-state index is 12.1. The van der Waals surface area contributed by atoms with Crippen molar-refractivity contribution in [2.45, 2.75) is 32.7 Å². The van der Waals surface area contributed by atoms with E-state index in [-0.39, 0.29) is 24.5 Å². The zero-order chi connectivity index (χ0) is 16.0. The quantitative estimate of drug-likeness (QED) is 0.811. The zero-order valence-electron chi connectivity index (χ0n) is 12.5. The fraction of sp³-hybridized carbons (Fsp3) is 0.467. The third-order valence-corrected chi connectivity index (χ3v) is 3.43. The van der Waals surface area contributed by atoms with Gasteiger partial charge in [0.2, 0.25) is 5.91 Å². The molecular formula is C15H21ClN2O3. The number of hydrogen-bond donors (Lipinski definition) is 2. The number of nitrogens with zero attached hydrogens (tertiary/aromatic N) is 1. The molecule has 0 saturated heterocycles. The molecule has 0 saturated carbocycles. The number of carbonyl (C=O) groups is 2. The van der Waals surface area contributed by atoms with Crippen LogP contribution in [0.4, 0.5) is 5.69 Å². The van der Waals surface area contributed by atoms with Crippen LogP contribution in [0.1, 0.15) is 27.2 Å². The van der Waals surface area contributed by atoms with Crippen LogP contribution < -0.4 is 10.2 Å². The third kappa shape index (κ3) is 6.04. The van der Waals surface area contributed by atoms with Crippen LogP contribution in [0.5, 0.6) is 0 Å². The van der Waals surface area contributed by atoms with Crippen molar-refractivity contribution in [2.75, 3.05) is 18.0 Å². The Kier molecular flexibility index (Phi) is 6.03. The Morgan fingerprint density at radius 1 is 1.33 bits per heavy atom. The average molecular weight is 313 g/mol. The van der Waals surface area contributed by atoms with Gasteiger partial charge in [-0.15, -0.1) is 0 Å². The summed E-state index contributed by atoms with van der Waals surface area (Å²) in [6, 6.07) is 6.79. The van der Waals surface area contributed by atoms with Crippen LogP contribution in [0, 0.1) is 0 Å². The van der Waals surface area contributed by atoms with E-state index in [0.717, 1.165) is 6.42 Å². The first-order valence-electron chi connectivity index (χ1n) is 6.77. The lowest BCUT2D eigenvalue weighted by molar-refractivity contribution is -0.135. The molecule has 6 heteroatoms. The summed E-state index contributed by atoms with van der Waals surface area (Å²) in [6.07, 6.45) is 0.787. The van der Waals surface area contributed by atoms with Gasteiger partial charge in [0.25, 0.3) is 0 Å². The van der Waals surface area contributed by atoms with Crippen molar-refractivity contribution in [3.05, 3.63) is 29.3 Å². The standard InChI is InChI=1S/C15H21ClN2O3/c1-4-15(2,3)17-13(19)9-18(10-14(20)21)12-7-5-6-11(16)8-12/h5-8H,4,9-10H2,1-3H3,(H,17,19)(H,20,21). The Bertz CT molecular complexity index is 517. The predicted molar refractivity (Wildman–Crippen MR) is 83.8 cm³/mol. The van der Waals surface area contributed by atoms with Gasteiger partial charge in [-0.3, -0.25) is 9.59 Å². The van der Waals surface area contributed by atoms with Crippen molar-refractivity contribution in [3.8, 4) is 0 Å². The van der Waals surface area contributed by atoms with Gasteiger partial charge in [-0.25, -0.2) is 0 Å². The van der Waals surface area contributed by atoms with Gasteiger partial charge < -0.3 is 15.3 Å². The smallest absolute Gasteiger partial charge is 0.323 e. The molecule has 2 N–H and O–H groups in total. The summed E-state index contributed by atoms with van der Waals surface area (Å²) >= 11 is 5.92. The van der Waals surface area contributed by atoms with Crippen molar-refractivity contribution in [2.24, 2.45) is 0 Å². The number of rotatable bonds is 7. The molecule has 0 radical (unpaired) electrons. The van der Waals surface area contributed by atoms with Crippen LogP contribution in [-0.2, 0) is 9.59 Å². The van der Waals surface area contributed by atoms with Gasteiger partial charge in [-0.05, 0) is 38.5 Å². The second kappa shape index (κ2) is 7.31. The molecule has 0 aliphatic rings. The summed E-state index contributed by atoms with van der Waals surface area (Å²) < 4.78 is 0. The Morgan fingerprint density at radius 2 is 2.00 bits per heavy atom. The number of carboxylic acids is 1. The molecule has 0 atom stereocenters. The Balaban J connectivity index is 2.84. The Labute approximate surface area is 129 Å². The first-order valence-corrected chi connectivity index (χ1v) is 7.14. The van der Waals surface area contributed by atoms with Gasteiger partial charge in [0.1, 0.15) is 6.54 Å². The van der Waals surface area contributed by atoms with Gasteiger partial charge in [0.05, 0.1) is 6.54 Å². The van der Waals surface area contributed by atoms with Gasteiger partial charge >= 0.3 is 5.97 Å². The normalized spacial score (nSPS) is 11.0. The number of amides is 1. The molecule has 21 heavy (non-hydrogen) atoms. The first kappa shape index (κ1) is 17.3. The highest BCUT2D eigenvalue weighted by molar-refractivity contribution is 6.30. The van der Waals surface area contributed by atoms with E-state index in [9.17, 15) is 9.59 Å². The zero-order valence-corrected chi connectivity index (χ0v) is 13.3. The van der Waals surface area contributed by atoms with Gasteiger partial charge in [0.15, 0.2) is 0 Å². The molecule has 0 spiro atoms. The highest BCUT2D eigenvalue weighted by Crippen LogP contribution is 2.19. The minimum atomic E-state index is -1.00. The van der Waals surface area contributed by atoms with E-state index in [1.54, 1.807) is 24.3 Å². The summed E-state index contributed by atoms with van der Waals surface area (Å²) in [4.78, 5) is 24.6. The minimum absolute atomic E-state index is 0.0317. The second-order valence-corrected chi connectivity index (χ2v) is 5.95. The molecule has 1 rings (SSSR count). The lowest BCUT2D eigenvalue weighted by Gasteiger charge is -2.28. The third-order valence-electron chi connectivity index (χ3n) is 3.20. The van der Waals surface area contributed by atoms with Crippen molar-refractivity contribution in [3.63, 3.8) is 0 Å². The van der Waals surface area contributed by atoms with E-state index < -0.39 is 5.97 Å². The predicted octanol–water partition coefficient (Wildman–Crippen LogP) is 2.54. The fourth-order valence-electron chi connectivity index (χ4n) is 1.75. The molecule has 0 aliphatic heterocycles. The number of halogens is 1. The van der Waals surface area contributed by atoms with Gasteiger partial charge in [-0.2, -0.15) is 0 Å². The van der Waals surface area contributed by atoms with E-state index in [4.69, 9.17) is 16.7 Å². The Morgan fingerprint density at radius 3 is 2.52 bits per heavy atom. The molecule has 1 aromatic rings. The summed E-state index contributed by atoms with van der Waals surface area (Å²) in [5.41, 5.74) is 0.287. The number of benzene rings is 1. The van der Waals surface area contributed by atoms with Crippen LogP contribution in [-0.4, -0.2) is 35.6 Å². The molecule has 5 nitrogen and oxygen atoms in total. The van der Waals surface area contributed by atoms with E-state index in [1.165, 1.54) is 4.90 Å². The molecule has 0 fully saturated rings. The van der Waals surface area contributed by atoms with Gasteiger partial charge in [-0.1, -0.05) is 24.6 Å². The summed E-state index contributed by atoms with van der Waals surface area (Å²) in [5.74, 6) is -1.22. The molecule has 0 unspecified atom stereocenters. The van der Waals surface area contributed by atoms with Crippen molar-refractivity contribution < 1.29 is 14.7 Å². The molecule has 1 amide bonds. The maximum atomic E-state index is 12.1. The topological polar surface area (TPSA) is 69.6 Å². The number of hydrogen-bond acceptors (Lipinski definition) is 3. The summed E-state index contributed by atoms with van der Waals surface area (Å²) in [5, 5.41) is 12.4. The molecule has 1 aromatic carbocycles. The molecule has 0 heterocycles. The molecule has 116 valence electrons. The fourth-order valence-corrected chi connectivity index (χ4v) is 1.94. The molecular weight excluding hydrogens is 292 g/mol. The van der Waals surface area contributed by atoms with Crippen molar-refractivity contribution in [1.29, 1.82) is 0 Å². The number of nitrogens with one attached hydrogen (secondary N) is 1. The average Bonchev–Trinajstić information content (AvgIpc) is 2.36. The lowest BCUT2D eigenvalue weighted by atomic mass is 10.0. The highest BCUT2D eigenvalue weighted by Gasteiger charge is 2.21. The largest absolute Gasteiger partial charge is 0.480 e. The molecule has 0 aliphatic carbocycles. The highest BCUT2D eigenvalue weighted by atomic mass is 35.5. The lowest BCUT2D eigenvalue weighted by Crippen LogP contribution is -2.48. The van der Waals surface area contributed by atoms with E-state index >= 15 is 0 Å². The molecule has 0 aromatic heterocycles. The number of anilines is 1.